The molecule has 0 bridgehead atoms. The zero-order valence-corrected chi connectivity index (χ0v) is 12.8. The fraction of sp³-hybridized carbons (Fsp3) is 0.500. The highest BCUT2D eigenvalue weighted by Crippen LogP contribution is 2.32. The first-order valence-electron chi connectivity index (χ1n) is 6.50. The Morgan fingerprint density at radius 2 is 2.32 bits per heavy atom. The van der Waals surface area contributed by atoms with Crippen LogP contribution in [-0.2, 0) is 13.5 Å². The third kappa shape index (κ3) is 3.16. The van der Waals surface area contributed by atoms with Gasteiger partial charge in [-0.1, -0.05) is 6.92 Å². The van der Waals surface area contributed by atoms with Crippen LogP contribution < -0.4 is 10.1 Å². The topological polar surface area (TPSA) is 39.1 Å². The van der Waals surface area contributed by atoms with E-state index in [0.717, 1.165) is 24.4 Å². The van der Waals surface area contributed by atoms with Crippen molar-refractivity contribution in [2.45, 2.75) is 26.3 Å². The van der Waals surface area contributed by atoms with Crippen molar-refractivity contribution >= 4 is 11.3 Å². The summed E-state index contributed by atoms with van der Waals surface area (Å²) < 4.78 is 7.39. The van der Waals surface area contributed by atoms with Crippen LogP contribution in [0.25, 0.3) is 0 Å². The van der Waals surface area contributed by atoms with Gasteiger partial charge in [0.25, 0.3) is 0 Å². The Hall–Kier alpha value is -1.33. The summed E-state index contributed by atoms with van der Waals surface area (Å²) in [4.78, 5) is 1.25. The fourth-order valence-electron chi connectivity index (χ4n) is 2.30. The number of nitrogens with one attached hydrogen (secondary N) is 1. The fourth-order valence-corrected chi connectivity index (χ4v) is 3.24. The molecule has 2 aromatic heterocycles. The number of aromatic nitrogens is 2. The zero-order chi connectivity index (χ0) is 13.8. The van der Waals surface area contributed by atoms with Gasteiger partial charge in [0.05, 0.1) is 23.7 Å². The number of likely N-dealkylation sites (N-methyl/N-ethyl adjacent to an activating group) is 1. The second-order valence-electron chi connectivity index (χ2n) is 4.57. The molecule has 0 amide bonds. The molecule has 2 rings (SSSR count). The van der Waals surface area contributed by atoms with Gasteiger partial charge in [-0.05, 0) is 31.0 Å². The van der Waals surface area contributed by atoms with Gasteiger partial charge in [-0.15, -0.1) is 11.3 Å². The van der Waals surface area contributed by atoms with Crippen LogP contribution in [-0.4, -0.2) is 23.4 Å². The van der Waals surface area contributed by atoms with Crippen LogP contribution >= 0.6 is 11.3 Å². The number of thiophene rings is 1. The minimum absolute atomic E-state index is 0.273. The minimum Gasteiger partial charge on any atom is -0.496 e. The second kappa shape index (κ2) is 6.21. The Bertz CT molecular complexity index is 533. The number of methoxy groups -OCH3 is 1. The Morgan fingerprint density at radius 1 is 1.53 bits per heavy atom. The maximum absolute atomic E-state index is 5.43. The molecule has 1 N–H and O–H groups in total. The van der Waals surface area contributed by atoms with E-state index >= 15 is 0 Å². The molecule has 0 spiro atoms. The van der Waals surface area contributed by atoms with Gasteiger partial charge < -0.3 is 10.1 Å². The number of nitrogens with zero attached hydrogens (tertiary/aromatic N) is 2. The lowest BCUT2D eigenvalue weighted by molar-refractivity contribution is 0.402. The van der Waals surface area contributed by atoms with Crippen molar-refractivity contribution < 1.29 is 4.74 Å². The summed E-state index contributed by atoms with van der Waals surface area (Å²) in [6, 6.07) is 4.44. The average Bonchev–Trinajstić information content (AvgIpc) is 2.95. The molecule has 0 aliphatic heterocycles. The van der Waals surface area contributed by atoms with Crippen LogP contribution in [0, 0.1) is 6.92 Å². The minimum atomic E-state index is 0.273. The van der Waals surface area contributed by atoms with E-state index in [1.165, 1.54) is 10.6 Å². The molecule has 2 aromatic rings. The molecule has 4 nitrogen and oxygen atoms in total. The lowest BCUT2D eigenvalue weighted by Crippen LogP contribution is -2.23. The van der Waals surface area contributed by atoms with Crippen molar-refractivity contribution in [3.05, 3.63) is 33.8 Å². The first kappa shape index (κ1) is 14.1. The Kier molecular flexibility index (Phi) is 4.61. The average molecular weight is 279 g/mol. The van der Waals surface area contributed by atoms with E-state index in [4.69, 9.17) is 4.74 Å². The lowest BCUT2D eigenvalue weighted by atomic mass is 10.1. The van der Waals surface area contributed by atoms with E-state index in [1.807, 2.05) is 24.7 Å². The van der Waals surface area contributed by atoms with Crippen LogP contribution in [0.2, 0.25) is 0 Å². The van der Waals surface area contributed by atoms with Crippen LogP contribution in [0.1, 0.15) is 29.2 Å². The molecule has 1 unspecified atom stereocenters. The molecule has 0 aromatic carbocycles. The molecule has 104 valence electrons. The quantitative estimate of drug-likeness (QED) is 0.883. The van der Waals surface area contributed by atoms with Crippen molar-refractivity contribution in [2.24, 2.45) is 7.05 Å². The standard InChI is InChI=1S/C14H21N3OS/c1-5-15-12(14-13(18-4)6-7-19-14)9-11-8-10(2)16-17(11)3/h6-8,12,15H,5,9H2,1-4H3. The highest BCUT2D eigenvalue weighted by atomic mass is 32.1. The van der Waals surface area contributed by atoms with Gasteiger partial charge in [-0.2, -0.15) is 5.10 Å². The largest absolute Gasteiger partial charge is 0.496 e. The number of rotatable bonds is 6. The van der Waals surface area contributed by atoms with Crippen LogP contribution in [0.3, 0.4) is 0 Å². The van der Waals surface area contributed by atoms with Gasteiger partial charge in [0.2, 0.25) is 0 Å². The molecule has 0 radical (unpaired) electrons. The Labute approximate surface area is 118 Å². The first-order chi connectivity index (χ1) is 9.15. The second-order valence-corrected chi connectivity index (χ2v) is 5.52. The summed E-state index contributed by atoms with van der Waals surface area (Å²) in [5, 5.41) is 10.0. The number of ether oxygens (including phenoxy) is 1. The molecular formula is C14H21N3OS. The van der Waals surface area contributed by atoms with Crippen LogP contribution in [0.4, 0.5) is 0 Å². The summed E-state index contributed by atoms with van der Waals surface area (Å²) in [5.74, 6) is 0.967. The van der Waals surface area contributed by atoms with E-state index in [-0.39, 0.29) is 6.04 Å². The maximum Gasteiger partial charge on any atom is 0.134 e. The Balaban J connectivity index is 2.23. The maximum atomic E-state index is 5.43. The number of aryl methyl sites for hydroxylation is 2. The Morgan fingerprint density at radius 3 is 2.89 bits per heavy atom. The van der Waals surface area contributed by atoms with Gasteiger partial charge >= 0.3 is 0 Å². The molecule has 2 heterocycles. The predicted octanol–water partition coefficient (Wildman–Crippen LogP) is 2.69. The third-order valence-corrected chi connectivity index (χ3v) is 4.17. The van der Waals surface area contributed by atoms with Gasteiger partial charge in [-0.25, -0.2) is 0 Å². The molecule has 1 atom stereocenters. The van der Waals surface area contributed by atoms with Crippen LogP contribution in [0.5, 0.6) is 5.75 Å². The molecule has 0 aliphatic carbocycles. The molecule has 0 saturated carbocycles. The normalized spacial score (nSPS) is 12.6. The summed E-state index contributed by atoms with van der Waals surface area (Å²) in [6.45, 7) is 5.08. The highest BCUT2D eigenvalue weighted by Gasteiger charge is 2.19. The van der Waals surface area contributed by atoms with E-state index in [1.54, 1.807) is 18.4 Å². The lowest BCUT2D eigenvalue weighted by Gasteiger charge is -2.18. The molecular weight excluding hydrogens is 258 g/mol. The van der Waals surface area contributed by atoms with E-state index in [0.29, 0.717) is 0 Å². The predicted molar refractivity (Wildman–Crippen MR) is 78.9 cm³/mol. The summed E-state index contributed by atoms with van der Waals surface area (Å²) in [6.07, 6.45) is 0.919. The summed E-state index contributed by atoms with van der Waals surface area (Å²) in [7, 11) is 3.72. The van der Waals surface area contributed by atoms with E-state index in [2.05, 4.69) is 28.8 Å². The van der Waals surface area contributed by atoms with Crippen molar-refractivity contribution in [3.8, 4) is 5.75 Å². The number of hydrogen-bond acceptors (Lipinski definition) is 4. The summed E-state index contributed by atoms with van der Waals surface area (Å²) in [5.41, 5.74) is 2.30. The zero-order valence-electron chi connectivity index (χ0n) is 11.9. The molecule has 0 fully saturated rings. The molecule has 0 aliphatic rings. The van der Waals surface area contributed by atoms with E-state index in [9.17, 15) is 0 Å². The first-order valence-corrected chi connectivity index (χ1v) is 7.38. The highest BCUT2D eigenvalue weighted by molar-refractivity contribution is 7.10. The molecule has 0 saturated heterocycles. The van der Waals surface area contributed by atoms with Gasteiger partial charge in [0, 0.05) is 19.2 Å². The van der Waals surface area contributed by atoms with Gasteiger partial charge in [0.1, 0.15) is 5.75 Å². The van der Waals surface area contributed by atoms with E-state index < -0.39 is 0 Å². The third-order valence-electron chi connectivity index (χ3n) is 3.16. The SMILES string of the molecule is CCNC(Cc1cc(C)nn1C)c1sccc1OC. The van der Waals surface area contributed by atoms with Gasteiger partial charge in [0.15, 0.2) is 0 Å². The van der Waals surface area contributed by atoms with Crippen molar-refractivity contribution in [2.75, 3.05) is 13.7 Å². The van der Waals surface area contributed by atoms with Crippen molar-refractivity contribution in [1.29, 1.82) is 0 Å². The van der Waals surface area contributed by atoms with Crippen molar-refractivity contribution in [1.82, 2.24) is 15.1 Å². The molecule has 5 heteroatoms. The summed E-state index contributed by atoms with van der Waals surface area (Å²) >= 11 is 1.74. The smallest absolute Gasteiger partial charge is 0.134 e. The van der Waals surface area contributed by atoms with Crippen molar-refractivity contribution in [3.63, 3.8) is 0 Å². The van der Waals surface area contributed by atoms with Gasteiger partial charge in [-0.3, -0.25) is 4.68 Å². The number of hydrogen-bond donors (Lipinski definition) is 1. The van der Waals surface area contributed by atoms with Crippen LogP contribution in [0.15, 0.2) is 17.5 Å². The molecule has 19 heavy (non-hydrogen) atoms. The monoisotopic (exact) mass is 279 g/mol.